The first kappa shape index (κ1) is 32.4. The predicted molar refractivity (Wildman–Crippen MR) is 208 cm³/mol. The Hall–Kier alpha value is -4.56. The third-order valence-corrected chi connectivity index (χ3v) is 11.9. The third kappa shape index (κ3) is 6.11. The molecule has 4 aliphatic heterocycles. The van der Waals surface area contributed by atoms with Gasteiger partial charge >= 0.3 is 0 Å². The average Bonchev–Trinajstić information content (AvgIpc) is 3.79. The smallest absolute Gasteiger partial charge is 0.209 e. The number of fused-ring (bicyclic) bond motifs is 4. The minimum Gasteiger partial charge on any atom is -0.456 e. The van der Waals surface area contributed by atoms with Gasteiger partial charge in [0.25, 0.3) is 0 Å². The normalized spacial score (nSPS) is 17.7. The molecule has 1 fully saturated rings. The zero-order chi connectivity index (χ0) is 34.5. The molecule has 0 radical (unpaired) electrons. The molecule has 6 nitrogen and oxygen atoms in total. The van der Waals surface area contributed by atoms with Crippen LogP contribution in [0.2, 0.25) is 0 Å². The van der Waals surface area contributed by atoms with E-state index in [0.717, 1.165) is 102 Å². The fourth-order valence-corrected chi connectivity index (χ4v) is 8.89. The summed E-state index contributed by atoms with van der Waals surface area (Å²) in [4.78, 5) is 8.55. The minimum atomic E-state index is 0.333. The third-order valence-electron chi connectivity index (χ3n) is 11.2. The van der Waals surface area contributed by atoms with Crippen molar-refractivity contribution < 1.29 is 13.6 Å². The molecule has 0 amide bonds. The van der Waals surface area contributed by atoms with E-state index in [-0.39, 0.29) is 0 Å². The molecule has 1 saturated heterocycles. The van der Waals surface area contributed by atoms with Crippen LogP contribution in [0.25, 0.3) is 33.4 Å². The second kappa shape index (κ2) is 13.2. The van der Waals surface area contributed by atoms with Crippen molar-refractivity contribution in [1.29, 1.82) is 0 Å². The number of nitrogens with zero attached hydrogens (tertiary/aromatic N) is 3. The molecule has 258 valence electrons. The number of benzene rings is 5. The SMILES string of the molecule is CC(C)(C)C1CCN(SOOc2ccccc2-c2c3cc/c(=[N+]4/CCc5ccccc54)cc-3oc3cc(N4CCc5ccccc54)ccc23)CC1. The van der Waals surface area contributed by atoms with Crippen molar-refractivity contribution in [2.75, 3.05) is 31.1 Å². The van der Waals surface area contributed by atoms with Crippen molar-refractivity contribution in [2.45, 2.75) is 46.5 Å². The summed E-state index contributed by atoms with van der Waals surface area (Å²) in [7, 11) is 0. The van der Waals surface area contributed by atoms with Crippen LogP contribution in [0.5, 0.6) is 5.75 Å². The Balaban J connectivity index is 1.12. The molecule has 0 aromatic heterocycles. The van der Waals surface area contributed by atoms with E-state index in [9.17, 15) is 0 Å². The highest BCUT2D eigenvalue weighted by Crippen LogP contribution is 2.45. The van der Waals surface area contributed by atoms with Gasteiger partial charge in [-0.15, -0.1) is 0 Å². The van der Waals surface area contributed by atoms with E-state index in [1.54, 1.807) is 0 Å². The van der Waals surface area contributed by atoms with Crippen LogP contribution >= 0.6 is 12.2 Å². The van der Waals surface area contributed by atoms with Gasteiger partial charge in [0, 0.05) is 83.3 Å². The lowest BCUT2D eigenvalue weighted by atomic mass is 9.76. The summed E-state index contributed by atoms with van der Waals surface area (Å²) in [5.74, 6) is 2.24. The largest absolute Gasteiger partial charge is 0.456 e. The Morgan fingerprint density at radius 2 is 1.55 bits per heavy atom. The average molecular weight is 695 g/mol. The summed E-state index contributed by atoms with van der Waals surface area (Å²) in [5, 5.41) is 2.16. The van der Waals surface area contributed by atoms with E-state index in [4.69, 9.17) is 13.6 Å². The number of anilines is 2. The maximum atomic E-state index is 6.88. The maximum Gasteiger partial charge on any atom is 0.209 e. The highest BCUT2D eigenvalue weighted by Gasteiger charge is 2.30. The summed E-state index contributed by atoms with van der Waals surface area (Å²) in [5.41, 5.74) is 10.7. The molecular formula is C44H44N3O3S+. The Kier molecular flexibility index (Phi) is 8.38. The van der Waals surface area contributed by atoms with Crippen molar-refractivity contribution in [2.24, 2.45) is 11.3 Å². The molecule has 7 heteroatoms. The summed E-state index contributed by atoms with van der Waals surface area (Å²) in [6.45, 7) is 10.9. The first-order chi connectivity index (χ1) is 24.9. The Bertz CT molecular complexity index is 2280. The number of piperidine rings is 1. The molecule has 0 N–H and O–H groups in total. The van der Waals surface area contributed by atoms with Crippen LogP contribution < -0.4 is 19.7 Å². The highest BCUT2D eigenvalue weighted by atomic mass is 32.2. The van der Waals surface area contributed by atoms with Gasteiger partial charge in [0.05, 0.1) is 6.07 Å². The molecular weight excluding hydrogens is 651 g/mol. The fraction of sp³-hybridized carbons (Fsp3) is 0.295. The molecule has 51 heavy (non-hydrogen) atoms. The minimum absolute atomic E-state index is 0.333. The molecule has 4 heterocycles. The van der Waals surface area contributed by atoms with Crippen molar-refractivity contribution >= 4 is 40.3 Å². The molecule has 4 aromatic rings. The molecule has 5 aliphatic rings. The van der Waals surface area contributed by atoms with Crippen LogP contribution in [-0.2, 0) is 17.2 Å². The van der Waals surface area contributed by atoms with E-state index >= 15 is 0 Å². The quantitative estimate of drug-likeness (QED) is 0.0432. The summed E-state index contributed by atoms with van der Waals surface area (Å²) in [6, 6.07) is 38.9. The molecule has 0 unspecified atom stereocenters. The Morgan fingerprint density at radius 1 is 0.765 bits per heavy atom. The second-order valence-electron chi connectivity index (χ2n) is 15.2. The lowest BCUT2D eigenvalue weighted by molar-refractivity contribution is -0.0826. The molecule has 1 aliphatic carbocycles. The Morgan fingerprint density at radius 3 is 2.41 bits per heavy atom. The molecule has 0 spiro atoms. The van der Waals surface area contributed by atoms with Crippen LogP contribution in [0.15, 0.2) is 114 Å². The Labute approximate surface area is 304 Å². The van der Waals surface area contributed by atoms with Gasteiger partial charge in [-0.1, -0.05) is 79.7 Å². The molecule has 0 saturated carbocycles. The topological polar surface area (TPSA) is 41.1 Å². The van der Waals surface area contributed by atoms with Crippen LogP contribution in [0.1, 0.15) is 44.7 Å². The van der Waals surface area contributed by atoms with E-state index in [1.165, 1.54) is 34.7 Å². The van der Waals surface area contributed by atoms with Crippen LogP contribution in [0.4, 0.5) is 17.1 Å². The first-order valence-electron chi connectivity index (χ1n) is 18.3. The van der Waals surface area contributed by atoms with Gasteiger partial charge in [0.15, 0.2) is 12.3 Å². The zero-order valence-electron chi connectivity index (χ0n) is 29.6. The standard InChI is InChI=1S/C44H44N3O3S/c1-44(2,3)32-22-24-45(25-23-32)51-50-49-40-15-9-6-12-35(40)43-36-18-16-33(46-26-20-30-10-4-7-13-38(30)46)28-41(36)48-42-29-34(17-19-37(42)43)47-27-21-31-11-5-8-14-39(31)47/h4-19,28-29,32H,20-27H2,1-3H3/q+1. The zero-order valence-corrected chi connectivity index (χ0v) is 30.4. The lowest BCUT2D eigenvalue weighted by Crippen LogP contribution is -2.34. The van der Waals surface area contributed by atoms with Crippen molar-refractivity contribution in [3.8, 4) is 28.2 Å². The van der Waals surface area contributed by atoms with Gasteiger partial charge in [-0.2, -0.15) is 4.58 Å². The summed E-state index contributed by atoms with van der Waals surface area (Å²) >= 11 is 1.32. The van der Waals surface area contributed by atoms with Gasteiger partial charge in [-0.25, -0.2) is 4.31 Å². The first-order valence-corrected chi connectivity index (χ1v) is 19.0. The van der Waals surface area contributed by atoms with E-state index < -0.39 is 0 Å². The van der Waals surface area contributed by atoms with E-state index in [0.29, 0.717) is 11.2 Å². The number of para-hydroxylation sites is 3. The van der Waals surface area contributed by atoms with Crippen molar-refractivity contribution in [1.82, 2.24) is 8.88 Å². The number of rotatable bonds is 6. The molecule has 4 aromatic carbocycles. The van der Waals surface area contributed by atoms with E-state index in [1.807, 2.05) is 12.1 Å². The van der Waals surface area contributed by atoms with Crippen molar-refractivity contribution in [3.05, 3.63) is 126 Å². The van der Waals surface area contributed by atoms with Gasteiger partial charge in [0.2, 0.25) is 11.0 Å². The van der Waals surface area contributed by atoms with Crippen LogP contribution in [0.3, 0.4) is 0 Å². The van der Waals surface area contributed by atoms with E-state index in [2.05, 4.69) is 132 Å². The van der Waals surface area contributed by atoms with Gasteiger partial charge in [-0.05, 0) is 66.5 Å². The monoisotopic (exact) mass is 694 g/mol. The van der Waals surface area contributed by atoms with Crippen LogP contribution in [0, 0.1) is 11.3 Å². The molecule has 9 rings (SSSR count). The summed E-state index contributed by atoms with van der Waals surface area (Å²) in [6.07, 6.45) is 4.40. The fourth-order valence-electron chi connectivity index (χ4n) is 8.34. The van der Waals surface area contributed by atoms with Gasteiger partial charge in [-0.3, -0.25) is 0 Å². The lowest BCUT2D eigenvalue weighted by Gasteiger charge is -2.37. The molecule has 0 bridgehead atoms. The highest BCUT2D eigenvalue weighted by molar-refractivity contribution is 7.92. The van der Waals surface area contributed by atoms with Gasteiger partial charge in [0.1, 0.15) is 23.6 Å². The van der Waals surface area contributed by atoms with Gasteiger partial charge < -0.3 is 14.2 Å². The maximum absolute atomic E-state index is 6.88. The second-order valence-corrected chi connectivity index (χ2v) is 16.0. The molecule has 0 atom stereocenters. The summed E-state index contributed by atoms with van der Waals surface area (Å²) < 4.78 is 17.5. The van der Waals surface area contributed by atoms with Crippen molar-refractivity contribution in [3.63, 3.8) is 0 Å². The van der Waals surface area contributed by atoms with Crippen LogP contribution in [-0.4, -0.2) is 30.5 Å². The number of hydrogen-bond donors (Lipinski definition) is 0. The number of hydrogen-bond acceptors (Lipinski definition) is 6. The predicted octanol–water partition coefficient (Wildman–Crippen LogP) is 10.2.